The summed E-state index contributed by atoms with van der Waals surface area (Å²) in [7, 11) is 4.75. The van der Waals surface area contributed by atoms with Gasteiger partial charge in [0.15, 0.2) is 17.3 Å². The number of halogens is 1. The number of hydrogen-bond acceptors (Lipinski definition) is 6. The van der Waals surface area contributed by atoms with Crippen LogP contribution < -0.4 is 14.2 Å². The molecule has 160 valence electrons. The van der Waals surface area contributed by atoms with E-state index in [9.17, 15) is 5.11 Å². The van der Waals surface area contributed by atoms with Gasteiger partial charge in [-0.2, -0.15) is 0 Å². The molecular formula is C22H29BrO6. The normalized spacial score (nSPS) is 35.7. The minimum atomic E-state index is -0.650. The van der Waals surface area contributed by atoms with Crippen molar-refractivity contribution >= 4 is 22.0 Å². The minimum Gasteiger partial charge on any atom is -0.493 e. The molecule has 0 amide bonds. The zero-order valence-corrected chi connectivity index (χ0v) is 19.1. The Labute approximate surface area is 180 Å². The maximum Gasteiger partial charge on any atom is 0.203 e. The highest BCUT2D eigenvalue weighted by atomic mass is 79.9. The van der Waals surface area contributed by atoms with Gasteiger partial charge in [0, 0.05) is 5.92 Å². The van der Waals surface area contributed by atoms with E-state index in [-0.39, 0.29) is 22.5 Å². The number of hydrogen-bond donors (Lipinski definition) is 1. The molecule has 2 aliphatic carbocycles. The number of rotatable bonds is 6. The summed E-state index contributed by atoms with van der Waals surface area (Å²) in [6.45, 7) is 3.92. The van der Waals surface area contributed by atoms with Crippen molar-refractivity contribution in [2.24, 2.45) is 11.8 Å². The first kappa shape index (κ1) is 21.0. The molecule has 2 saturated carbocycles. The molecule has 1 heterocycles. The van der Waals surface area contributed by atoms with Crippen molar-refractivity contribution in [2.75, 3.05) is 21.3 Å². The fraction of sp³-hybridized carbons (Fsp3) is 0.636. The van der Waals surface area contributed by atoms with E-state index in [1.807, 2.05) is 38.1 Å². The van der Waals surface area contributed by atoms with Gasteiger partial charge in [-0.1, -0.05) is 28.1 Å². The minimum absolute atomic E-state index is 0.0207. The molecule has 1 saturated heterocycles. The lowest BCUT2D eigenvalue weighted by Gasteiger charge is -2.21. The molecule has 3 fully saturated rings. The number of aliphatic hydroxyl groups excluding tert-OH is 1. The Morgan fingerprint density at radius 1 is 1.10 bits per heavy atom. The van der Waals surface area contributed by atoms with Crippen LogP contribution in [0.3, 0.4) is 0 Å². The summed E-state index contributed by atoms with van der Waals surface area (Å²) in [5, 5.41) is 11.0. The molecule has 1 aromatic carbocycles. The number of aliphatic hydroxyl groups is 1. The van der Waals surface area contributed by atoms with Crippen molar-refractivity contribution in [3.05, 3.63) is 23.8 Å². The summed E-state index contributed by atoms with van der Waals surface area (Å²) in [6, 6.07) is 3.72. The summed E-state index contributed by atoms with van der Waals surface area (Å²) >= 11 is 3.87. The number of benzene rings is 1. The molecule has 1 aliphatic heterocycles. The van der Waals surface area contributed by atoms with Crippen molar-refractivity contribution in [1.29, 1.82) is 0 Å². The molecule has 7 heteroatoms. The third-order valence-electron chi connectivity index (χ3n) is 6.35. The summed E-state index contributed by atoms with van der Waals surface area (Å²) in [5.74, 6) is 1.76. The predicted molar refractivity (Wildman–Crippen MR) is 113 cm³/mol. The number of ether oxygens (including phenoxy) is 5. The Morgan fingerprint density at radius 3 is 2.34 bits per heavy atom. The summed E-state index contributed by atoms with van der Waals surface area (Å²) in [5.41, 5.74) is 0.859. The molecule has 0 aromatic heterocycles. The van der Waals surface area contributed by atoms with Crippen LogP contribution in [0.1, 0.15) is 32.3 Å². The molecule has 0 radical (unpaired) electrons. The van der Waals surface area contributed by atoms with Gasteiger partial charge in [-0.05, 0) is 50.3 Å². The molecule has 6 nitrogen and oxygen atoms in total. The lowest BCUT2D eigenvalue weighted by molar-refractivity contribution is -0.147. The third-order valence-corrected chi connectivity index (χ3v) is 7.94. The van der Waals surface area contributed by atoms with Crippen LogP contribution in [0.2, 0.25) is 0 Å². The molecule has 1 aromatic rings. The largest absolute Gasteiger partial charge is 0.493 e. The molecule has 0 bridgehead atoms. The first-order valence-electron chi connectivity index (χ1n) is 9.96. The topological polar surface area (TPSA) is 66.4 Å². The van der Waals surface area contributed by atoms with E-state index in [1.54, 1.807) is 21.3 Å². The standard InChI is InChI=1S/C22H29BrO6/c1-21(2)28-14-8-7-13-18(20(14)29-21)22(13,23)17(24)9-6-12-10-15(25-3)19(27-5)16(11-12)26-4/h6,9-11,13-14,17-18,20,24H,7-8H2,1-5H3/b9-6+/t13-,14-,17?,18-,20-,22-/m0/s1. The van der Waals surface area contributed by atoms with Crippen molar-refractivity contribution in [3.63, 3.8) is 0 Å². The van der Waals surface area contributed by atoms with E-state index < -0.39 is 11.9 Å². The second-order valence-electron chi connectivity index (χ2n) is 8.44. The molecule has 0 spiro atoms. The number of methoxy groups -OCH3 is 3. The van der Waals surface area contributed by atoms with Crippen LogP contribution in [0, 0.1) is 11.8 Å². The van der Waals surface area contributed by atoms with Crippen LogP contribution in [0.4, 0.5) is 0 Å². The van der Waals surface area contributed by atoms with Crippen LogP contribution in [0.5, 0.6) is 17.2 Å². The summed E-state index contributed by atoms with van der Waals surface area (Å²) in [6.07, 6.45) is 5.17. The zero-order chi connectivity index (χ0) is 21.0. The summed E-state index contributed by atoms with van der Waals surface area (Å²) in [4.78, 5) is 0. The molecule has 1 unspecified atom stereocenters. The SMILES string of the molecule is COc1cc(/C=C/C(O)[C@]2(Br)[C@@H]3[C@H]4OC(C)(C)O[C@H]4CC[C@@H]32)cc(OC)c1OC. The van der Waals surface area contributed by atoms with Gasteiger partial charge in [0.2, 0.25) is 5.75 Å². The van der Waals surface area contributed by atoms with Gasteiger partial charge in [-0.25, -0.2) is 0 Å². The predicted octanol–water partition coefficient (Wildman–Crippen LogP) is 3.78. The zero-order valence-electron chi connectivity index (χ0n) is 17.5. The van der Waals surface area contributed by atoms with Crippen LogP contribution in [-0.4, -0.2) is 54.9 Å². The van der Waals surface area contributed by atoms with Gasteiger partial charge >= 0.3 is 0 Å². The quantitative estimate of drug-likeness (QED) is 0.640. The van der Waals surface area contributed by atoms with Crippen LogP contribution >= 0.6 is 15.9 Å². The maximum absolute atomic E-state index is 11.0. The summed E-state index contributed by atoms with van der Waals surface area (Å²) < 4.78 is 28.0. The number of alkyl halides is 1. The van der Waals surface area contributed by atoms with E-state index in [4.69, 9.17) is 23.7 Å². The van der Waals surface area contributed by atoms with Crippen LogP contribution in [0.15, 0.2) is 18.2 Å². The van der Waals surface area contributed by atoms with E-state index in [0.717, 1.165) is 18.4 Å². The van der Waals surface area contributed by atoms with Gasteiger partial charge in [0.05, 0.1) is 44.0 Å². The lowest BCUT2D eigenvalue weighted by Crippen LogP contribution is -2.32. The Bertz CT molecular complexity index is 783. The molecule has 4 rings (SSSR count). The van der Waals surface area contributed by atoms with Crippen LogP contribution in [-0.2, 0) is 9.47 Å². The highest BCUT2D eigenvalue weighted by molar-refractivity contribution is 9.10. The number of fused-ring (bicyclic) bond motifs is 3. The van der Waals surface area contributed by atoms with Gasteiger partial charge in [0.25, 0.3) is 0 Å². The fourth-order valence-electron chi connectivity index (χ4n) is 5.06. The average molecular weight is 469 g/mol. The van der Waals surface area contributed by atoms with Crippen molar-refractivity contribution < 1.29 is 28.8 Å². The molecule has 6 atom stereocenters. The van der Waals surface area contributed by atoms with Gasteiger partial charge in [-0.3, -0.25) is 0 Å². The highest BCUT2D eigenvalue weighted by Crippen LogP contribution is 2.68. The first-order valence-corrected chi connectivity index (χ1v) is 10.7. The van der Waals surface area contributed by atoms with Crippen molar-refractivity contribution in [1.82, 2.24) is 0 Å². The molecule has 1 N–H and O–H groups in total. The lowest BCUT2D eigenvalue weighted by atomic mass is 9.95. The maximum atomic E-state index is 11.0. The molecular weight excluding hydrogens is 440 g/mol. The highest BCUT2D eigenvalue weighted by Gasteiger charge is 2.73. The van der Waals surface area contributed by atoms with Gasteiger partial charge in [-0.15, -0.1) is 0 Å². The van der Waals surface area contributed by atoms with Crippen LogP contribution in [0.25, 0.3) is 6.08 Å². The second-order valence-corrected chi connectivity index (χ2v) is 9.81. The average Bonchev–Trinajstić information content (AvgIpc) is 3.18. The molecule has 29 heavy (non-hydrogen) atoms. The Morgan fingerprint density at radius 2 is 1.76 bits per heavy atom. The second kappa shape index (κ2) is 7.45. The van der Waals surface area contributed by atoms with Gasteiger partial charge in [0.1, 0.15) is 0 Å². The van der Waals surface area contributed by atoms with E-state index >= 15 is 0 Å². The van der Waals surface area contributed by atoms with Gasteiger partial charge < -0.3 is 28.8 Å². The van der Waals surface area contributed by atoms with E-state index in [0.29, 0.717) is 23.2 Å². The van der Waals surface area contributed by atoms with E-state index in [1.165, 1.54) is 0 Å². The molecule has 3 aliphatic rings. The Hall–Kier alpha value is -1.28. The van der Waals surface area contributed by atoms with Crippen molar-refractivity contribution in [3.8, 4) is 17.2 Å². The van der Waals surface area contributed by atoms with E-state index in [2.05, 4.69) is 15.9 Å². The fourth-order valence-corrected chi connectivity index (χ4v) is 6.17. The first-order chi connectivity index (χ1) is 13.7. The Kier molecular flexibility index (Phi) is 5.39. The smallest absolute Gasteiger partial charge is 0.203 e. The Balaban J connectivity index is 1.53. The van der Waals surface area contributed by atoms with Crippen molar-refractivity contribution in [2.45, 2.75) is 55.1 Å². The third kappa shape index (κ3) is 3.46. The monoisotopic (exact) mass is 468 g/mol.